The van der Waals surface area contributed by atoms with Crippen LogP contribution in [0.1, 0.15) is 13.8 Å². The predicted octanol–water partition coefficient (Wildman–Crippen LogP) is 3.35. The average molecular weight is 297 g/mol. The Morgan fingerprint density at radius 3 is 2.95 bits per heavy atom. The number of fused-ring (bicyclic) bond motifs is 1. The van der Waals surface area contributed by atoms with Crippen LogP contribution in [0.15, 0.2) is 22.5 Å². The lowest BCUT2D eigenvalue weighted by atomic mass is 10.3. The number of hydrogen-bond donors (Lipinski definition) is 0. The number of rotatable bonds is 6. The van der Waals surface area contributed by atoms with Crippen molar-refractivity contribution in [1.82, 2.24) is 4.98 Å². The molecule has 102 valence electrons. The first-order valence-corrected chi connectivity index (χ1v) is 7.85. The first-order valence-electron chi connectivity index (χ1n) is 6.04. The quantitative estimate of drug-likeness (QED) is 0.604. The van der Waals surface area contributed by atoms with E-state index in [9.17, 15) is 4.79 Å². The fraction of sp³-hybridized carbons (Fsp3) is 0.385. The number of ether oxygens (including phenoxy) is 2. The topological polar surface area (TPSA) is 48.4 Å². The molecular weight excluding hydrogens is 282 g/mol. The van der Waals surface area contributed by atoms with E-state index < -0.39 is 0 Å². The maximum atomic E-state index is 11.3. The van der Waals surface area contributed by atoms with Crippen LogP contribution in [-0.2, 0) is 9.53 Å². The Morgan fingerprint density at radius 2 is 2.21 bits per heavy atom. The molecule has 0 spiro atoms. The van der Waals surface area contributed by atoms with Gasteiger partial charge in [0.05, 0.1) is 29.2 Å². The van der Waals surface area contributed by atoms with Gasteiger partial charge in [-0.15, -0.1) is 11.3 Å². The van der Waals surface area contributed by atoms with Crippen molar-refractivity contribution in [3.63, 3.8) is 0 Å². The lowest BCUT2D eigenvalue weighted by Crippen LogP contribution is -2.06. The summed E-state index contributed by atoms with van der Waals surface area (Å²) < 4.78 is 12.3. The monoisotopic (exact) mass is 297 g/mol. The first kappa shape index (κ1) is 14.1. The molecule has 19 heavy (non-hydrogen) atoms. The van der Waals surface area contributed by atoms with Crippen LogP contribution in [0.3, 0.4) is 0 Å². The minimum atomic E-state index is -0.207. The Balaban J connectivity index is 2.06. The molecule has 2 rings (SSSR count). The van der Waals surface area contributed by atoms with Gasteiger partial charge in [-0.3, -0.25) is 4.79 Å². The smallest absolute Gasteiger partial charge is 0.316 e. The summed E-state index contributed by atoms with van der Waals surface area (Å²) in [5, 5.41) is 0. The van der Waals surface area contributed by atoms with Gasteiger partial charge < -0.3 is 9.47 Å². The highest BCUT2D eigenvalue weighted by Gasteiger charge is 2.09. The second-order valence-corrected chi connectivity index (χ2v) is 5.89. The molecule has 0 atom stereocenters. The van der Waals surface area contributed by atoms with E-state index in [4.69, 9.17) is 9.47 Å². The van der Waals surface area contributed by atoms with Crippen molar-refractivity contribution >= 4 is 39.3 Å². The van der Waals surface area contributed by atoms with E-state index in [0.29, 0.717) is 19.0 Å². The van der Waals surface area contributed by atoms with E-state index in [1.165, 1.54) is 11.8 Å². The van der Waals surface area contributed by atoms with E-state index >= 15 is 0 Å². The number of hydrogen-bond acceptors (Lipinski definition) is 6. The van der Waals surface area contributed by atoms with Crippen LogP contribution < -0.4 is 4.74 Å². The third kappa shape index (κ3) is 3.84. The highest BCUT2D eigenvalue weighted by atomic mass is 32.2. The summed E-state index contributed by atoms with van der Waals surface area (Å²) in [7, 11) is 0. The molecule has 6 heteroatoms. The van der Waals surface area contributed by atoms with Crippen molar-refractivity contribution in [2.75, 3.05) is 19.0 Å². The van der Waals surface area contributed by atoms with Gasteiger partial charge in [0, 0.05) is 0 Å². The molecule has 4 nitrogen and oxygen atoms in total. The summed E-state index contributed by atoms with van der Waals surface area (Å²) in [6.45, 7) is 4.82. The van der Waals surface area contributed by atoms with E-state index in [0.717, 1.165) is 20.3 Å². The van der Waals surface area contributed by atoms with Gasteiger partial charge in [-0.25, -0.2) is 4.98 Å². The molecule has 1 aromatic carbocycles. The van der Waals surface area contributed by atoms with E-state index in [1.807, 2.05) is 25.1 Å². The van der Waals surface area contributed by atoms with Crippen molar-refractivity contribution < 1.29 is 14.3 Å². The number of thiazole rings is 1. The Labute approximate surface area is 120 Å². The maximum Gasteiger partial charge on any atom is 0.316 e. The van der Waals surface area contributed by atoms with E-state index in [2.05, 4.69) is 4.98 Å². The summed E-state index contributed by atoms with van der Waals surface area (Å²) in [5.41, 5.74) is 0.930. The molecular formula is C13H15NO3S2. The second-order valence-electron chi connectivity index (χ2n) is 3.64. The van der Waals surface area contributed by atoms with Crippen molar-refractivity contribution in [1.29, 1.82) is 0 Å². The predicted molar refractivity (Wildman–Crippen MR) is 78.1 cm³/mol. The second kappa shape index (κ2) is 6.77. The van der Waals surface area contributed by atoms with Gasteiger partial charge >= 0.3 is 5.97 Å². The Morgan fingerprint density at radius 1 is 1.37 bits per heavy atom. The van der Waals surface area contributed by atoms with Crippen LogP contribution in [0.25, 0.3) is 10.2 Å². The first-order chi connectivity index (χ1) is 9.22. The maximum absolute atomic E-state index is 11.3. The normalized spacial score (nSPS) is 10.6. The largest absolute Gasteiger partial charge is 0.494 e. The minimum Gasteiger partial charge on any atom is -0.494 e. The summed E-state index contributed by atoms with van der Waals surface area (Å²) >= 11 is 2.97. The summed E-state index contributed by atoms with van der Waals surface area (Å²) in [6, 6.07) is 5.82. The molecule has 0 unspecified atom stereocenters. The zero-order chi connectivity index (χ0) is 13.7. The van der Waals surface area contributed by atoms with Gasteiger partial charge in [0.25, 0.3) is 0 Å². The molecule has 0 aliphatic heterocycles. The van der Waals surface area contributed by atoms with Crippen LogP contribution in [0.4, 0.5) is 0 Å². The molecule has 0 aliphatic carbocycles. The zero-order valence-electron chi connectivity index (χ0n) is 10.8. The average Bonchev–Trinajstić information content (AvgIpc) is 2.79. The number of carbonyl (C=O) groups is 1. The fourth-order valence-electron chi connectivity index (χ4n) is 1.53. The number of benzene rings is 1. The lowest BCUT2D eigenvalue weighted by molar-refractivity contribution is -0.139. The van der Waals surface area contributed by atoms with Crippen LogP contribution in [0.2, 0.25) is 0 Å². The van der Waals surface area contributed by atoms with Gasteiger partial charge in [-0.05, 0) is 32.0 Å². The third-order valence-corrected chi connectivity index (χ3v) is 4.40. The molecule has 1 heterocycles. The van der Waals surface area contributed by atoms with Gasteiger partial charge in [-0.2, -0.15) is 0 Å². The summed E-state index contributed by atoms with van der Waals surface area (Å²) in [5.74, 6) is 0.939. The molecule has 0 amide bonds. The van der Waals surface area contributed by atoms with Crippen LogP contribution in [0, 0.1) is 0 Å². The van der Waals surface area contributed by atoms with Crippen LogP contribution in [-0.4, -0.2) is 29.9 Å². The van der Waals surface area contributed by atoms with E-state index in [1.54, 1.807) is 18.3 Å². The SMILES string of the molecule is CCOC(=O)CSc1nc2ccc(OCC)cc2s1. The Hall–Kier alpha value is -1.27. The third-order valence-electron chi connectivity index (χ3n) is 2.27. The van der Waals surface area contributed by atoms with Gasteiger partial charge in [0.1, 0.15) is 5.75 Å². The number of aromatic nitrogens is 1. The molecule has 0 saturated carbocycles. The highest BCUT2D eigenvalue weighted by molar-refractivity contribution is 8.01. The van der Waals surface area contributed by atoms with Crippen molar-refractivity contribution in [2.45, 2.75) is 18.2 Å². The van der Waals surface area contributed by atoms with Gasteiger partial charge in [0.2, 0.25) is 0 Å². The molecule has 0 saturated heterocycles. The minimum absolute atomic E-state index is 0.207. The number of esters is 1. The van der Waals surface area contributed by atoms with Gasteiger partial charge in [0.15, 0.2) is 4.34 Å². The van der Waals surface area contributed by atoms with Crippen molar-refractivity contribution in [3.8, 4) is 5.75 Å². The molecule has 2 aromatic rings. The lowest BCUT2D eigenvalue weighted by Gasteiger charge is -2.00. The molecule has 0 fully saturated rings. The molecule has 0 N–H and O–H groups in total. The summed E-state index contributed by atoms with van der Waals surface area (Å²) in [4.78, 5) is 15.7. The highest BCUT2D eigenvalue weighted by Crippen LogP contribution is 2.31. The molecule has 0 radical (unpaired) electrons. The van der Waals surface area contributed by atoms with E-state index in [-0.39, 0.29) is 5.97 Å². The number of carbonyl (C=O) groups excluding carboxylic acids is 1. The molecule has 0 aliphatic rings. The summed E-state index contributed by atoms with van der Waals surface area (Å²) in [6.07, 6.45) is 0. The van der Waals surface area contributed by atoms with Gasteiger partial charge in [-0.1, -0.05) is 11.8 Å². The Kier molecular flexibility index (Phi) is 5.04. The van der Waals surface area contributed by atoms with Crippen LogP contribution >= 0.6 is 23.1 Å². The Bertz CT molecular complexity index is 568. The zero-order valence-corrected chi connectivity index (χ0v) is 12.5. The molecule has 1 aromatic heterocycles. The standard InChI is InChI=1S/C13H15NO3S2/c1-3-16-9-5-6-10-11(7-9)19-13(14-10)18-8-12(15)17-4-2/h5-7H,3-4,8H2,1-2H3. The van der Waals surface area contributed by atoms with Crippen molar-refractivity contribution in [3.05, 3.63) is 18.2 Å². The van der Waals surface area contributed by atoms with Crippen LogP contribution in [0.5, 0.6) is 5.75 Å². The molecule has 0 bridgehead atoms. The number of nitrogens with zero attached hydrogens (tertiary/aromatic N) is 1. The number of thioether (sulfide) groups is 1. The van der Waals surface area contributed by atoms with Crippen molar-refractivity contribution in [2.24, 2.45) is 0 Å². The fourth-order valence-corrected chi connectivity index (χ4v) is 3.42.